The van der Waals surface area contributed by atoms with Crippen LogP contribution in [0.1, 0.15) is 52.4 Å². The topological polar surface area (TPSA) is 72.0 Å². The van der Waals surface area contributed by atoms with Crippen molar-refractivity contribution in [2.75, 3.05) is 24.3 Å². The number of rotatable bonds is 6. The standard InChI is InChI=1S/C15H27N5O/c1-4-10-16-13-18-14(20-15(19-13)21-3)17-12-9-7-5-6-8-11(12)2/h11-12H,4-10H2,1-3H3,(H2,16,17,18,19,20). The van der Waals surface area contributed by atoms with Crippen LogP contribution in [0.25, 0.3) is 0 Å². The van der Waals surface area contributed by atoms with Crippen LogP contribution in [-0.2, 0) is 0 Å². The lowest BCUT2D eigenvalue weighted by molar-refractivity contribution is 0.378. The molecular formula is C15H27N5O. The van der Waals surface area contributed by atoms with Crippen molar-refractivity contribution in [1.29, 1.82) is 0 Å². The molecule has 0 amide bonds. The third-order valence-corrected chi connectivity index (χ3v) is 4.01. The van der Waals surface area contributed by atoms with Gasteiger partial charge in [0.1, 0.15) is 0 Å². The van der Waals surface area contributed by atoms with Gasteiger partial charge in [0.15, 0.2) is 0 Å². The zero-order chi connectivity index (χ0) is 15.1. The lowest BCUT2D eigenvalue weighted by Gasteiger charge is -2.23. The fourth-order valence-electron chi connectivity index (χ4n) is 2.70. The number of anilines is 2. The van der Waals surface area contributed by atoms with Crippen molar-refractivity contribution >= 4 is 11.9 Å². The molecule has 1 aromatic rings. The van der Waals surface area contributed by atoms with Gasteiger partial charge in [0.2, 0.25) is 11.9 Å². The van der Waals surface area contributed by atoms with Crippen LogP contribution in [0.4, 0.5) is 11.9 Å². The van der Waals surface area contributed by atoms with E-state index in [0.717, 1.165) is 13.0 Å². The number of ether oxygens (including phenoxy) is 1. The summed E-state index contributed by atoms with van der Waals surface area (Å²) < 4.78 is 5.17. The first-order valence-corrected chi connectivity index (χ1v) is 8.03. The zero-order valence-corrected chi connectivity index (χ0v) is 13.4. The van der Waals surface area contributed by atoms with Gasteiger partial charge in [0, 0.05) is 12.6 Å². The Labute approximate surface area is 127 Å². The number of hydrogen-bond acceptors (Lipinski definition) is 6. The monoisotopic (exact) mass is 293 g/mol. The molecule has 1 heterocycles. The Balaban J connectivity index is 2.09. The van der Waals surface area contributed by atoms with Gasteiger partial charge in [-0.1, -0.05) is 33.1 Å². The minimum absolute atomic E-state index is 0.354. The summed E-state index contributed by atoms with van der Waals surface area (Å²) in [7, 11) is 1.58. The average molecular weight is 293 g/mol. The predicted molar refractivity (Wildman–Crippen MR) is 84.8 cm³/mol. The molecular weight excluding hydrogens is 266 g/mol. The first-order chi connectivity index (χ1) is 10.2. The third kappa shape index (κ3) is 4.72. The molecule has 21 heavy (non-hydrogen) atoms. The quantitative estimate of drug-likeness (QED) is 0.785. The molecule has 6 nitrogen and oxygen atoms in total. The Morgan fingerprint density at radius 1 is 1.10 bits per heavy atom. The molecule has 2 atom stereocenters. The van der Waals surface area contributed by atoms with Gasteiger partial charge in [-0.15, -0.1) is 0 Å². The highest BCUT2D eigenvalue weighted by molar-refractivity contribution is 5.36. The Kier molecular flexibility index (Phi) is 6.02. The van der Waals surface area contributed by atoms with E-state index >= 15 is 0 Å². The first-order valence-electron chi connectivity index (χ1n) is 8.03. The van der Waals surface area contributed by atoms with Crippen LogP contribution in [0.5, 0.6) is 6.01 Å². The van der Waals surface area contributed by atoms with Gasteiger partial charge in [-0.2, -0.15) is 15.0 Å². The number of methoxy groups -OCH3 is 1. The van der Waals surface area contributed by atoms with Crippen LogP contribution < -0.4 is 15.4 Å². The highest BCUT2D eigenvalue weighted by Crippen LogP contribution is 2.25. The summed E-state index contributed by atoms with van der Waals surface area (Å²) in [6.45, 7) is 5.25. The second kappa shape index (κ2) is 8.00. The average Bonchev–Trinajstić information content (AvgIpc) is 2.70. The van der Waals surface area contributed by atoms with Crippen LogP contribution in [0, 0.1) is 5.92 Å². The molecule has 1 aromatic heterocycles. The van der Waals surface area contributed by atoms with E-state index in [0.29, 0.717) is 29.9 Å². The summed E-state index contributed by atoms with van der Waals surface area (Å²) in [5, 5.41) is 6.67. The second-order valence-electron chi connectivity index (χ2n) is 5.76. The van der Waals surface area contributed by atoms with Crippen LogP contribution in [0.15, 0.2) is 0 Å². The molecule has 118 valence electrons. The van der Waals surface area contributed by atoms with Crippen molar-refractivity contribution in [3.05, 3.63) is 0 Å². The summed E-state index contributed by atoms with van der Waals surface area (Å²) in [6, 6.07) is 0.783. The molecule has 1 aliphatic carbocycles. The van der Waals surface area contributed by atoms with E-state index in [2.05, 4.69) is 39.4 Å². The maximum Gasteiger partial charge on any atom is 0.322 e. The molecule has 2 unspecified atom stereocenters. The summed E-state index contributed by atoms with van der Waals surface area (Å²) >= 11 is 0. The summed E-state index contributed by atoms with van der Waals surface area (Å²) in [5.41, 5.74) is 0. The Morgan fingerprint density at radius 2 is 1.86 bits per heavy atom. The van der Waals surface area contributed by atoms with Gasteiger partial charge in [-0.3, -0.25) is 0 Å². The third-order valence-electron chi connectivity index (χ3n) is 4.01. The van der Waals surface area contributed by atoms with Crippen molar-refractivity contribution in [2.24, 2.45) is 5.92 Å². The lowest BCUT2D eigenvalue weighted by Crippen LogP contribution is -2.27. The maximum absolute atomic E-state index is 5.17. The molecule has 0 saturated heterocycles. The van der Waals surface area contributed by atoms with Crippen LogP contribution in [-0.4, -0.2) is 34.6 Å². The van der Waals surface area contributed by atoms with E-state index < -0.39 is 0 Å². The van der Waals surface area contributed by atoms with E-state index in [9.17, 15) is 0 Å². The molecule has 0 spiro atoms. The fraction of sp³-hybridized carbons (Fsp3) is 0.800. The molecule has 1 saturated carbocycles. The molecule has 0 bridgehead atoms. The van der Waals surface area contributed by atoms with Crippen molar-refractivity contribution in [2.45, 2.75) is 58.4 Å². The Hall–Kier alpha value is -1.59. The van der Waals surface area contributed by atoms with E-state index in [1.54, 1.807) is 7.11 Å². The number of nitrogens with one attached hydrogen (secondary N) is 2. The van der Waals surface area contributed by atoms with Crippen molar-refractivity contribution < 1.29 is 4.74 Å². The Morgan fingerprint density at radius 3 is 2.62 bits per heavy atom. The van der Waals surface area contributed by atoms with Crippen molar-refractivity contribution in [3.8, 4) is 6.01 Å². The van der Waals surface area contributed by atoms with Crippen LogP contribution in [0.2, 0.25) is 0 Å². The molecule has 2 N–H and O–H groups in total. The first kappa shape index (κ1) is 15.8. The largest absolute Gasteiger partial charge is 0.467 e. The molecule has 0 aliphatic heterocycles. The van der Waals surface area contributed by atoms with Gasteiger partial charge in [0.25, 0.3) is 0 Å². The van der Waals surface area contributed by atoms with E-state index in [4.69, 9.17) is 4.74 Å². The molecule has 0 aromatic carbocycles. The summed E-state index contributed by atoms with van der Waals surface area (Å²) in [5.74, 6) is 1.83. The van der Waals surface area contributed by atoms with E-state index in [-0.39, 0.29) is 0 Å². The van der Waals surface area contributed by atoms with Gasteiger partial charge in [0.05, 0.1) is 7.11 Å². The van der Waals surface area contributed by atoms with Gasteiger partial charge >= 0.3 is 6.01 Å². The highest BCUT2D eigenvalue weighted by Gasteiger charge is 2.21. The zero-order valence-electron chi connectivity index (χ0n) is 13.4. The van der Waals surface area contributed by atoms with Gasteiger partial charge in [-0.25, -0.2) is 0 Å². The molecule has 6 heteroatoms. The number of hydrogen-bond donors (Lipinski definition) is 2. The molecule has 1 aliphatic rings. The smallest absolute Gasteiger partial charge is 0.322 e. The van der Waals surface area contributed by atoms with E-state index in [1.807, 2.05) is 0 Å². The number of nitrogens with zero attached hydrogens (tertiary/aromatic N) is 3. The Bertz CT molecular complexity index is 440. The normalized spacial score (nSPS) is 22.4. The molecule has 1 fully saturated rings. The summed E-state index contributed by atoms with van der Waals surface area (Å²) in [6.07, 6.45) is 7.38. The summed E-state index contributed by atoms with van der Waals surface area (Å²) in [4.78, 5) is 13.0. The fourth-order valence-corrected chi connectivity index (χ4v) is 2.70. The van der Waals surface area contributed by atoms with Crippen molar-refractivity contribution in [3.63, 3.8) is 0 Å². The van der Waals surface area contributed by atoms with Gasteiger partial charge < -0.3 is 15.4 Å². The van der Waals surface area contributed by atoms with Crippen LogP contribution in [0.3, 0.4) is 0 Å². The maximum atomic E-state index is 5.17. The minimum Gasteiger partial charge on any atom is -0.467 e. The molecule has 0 radical (unpaired) electrons. The molecule has 2 rings (SSSR count). The second-order valence-corrected chi connectivity index (χ2v) is 5.76. The predicted octanol–water partition coefficient (Wildman–Crippen LogP) is 3.08. The highest BCUT2D eigenvalue weighted by atomic mass is 16.5. The minimum atomic E-state index is 0.354. The van der Waals surface area contributed by atoms with Gasteiger partial charge in [-0.05, 0) is 25.2 Å². The SMILES string of the molecule is CCCNc1nc(NC2CCCCCC2C)nc(OC)n1. The number of aromatic nitrogens is 3. The van der Waals surface area contributed by atoms with E-state index in [1.165, 1.54) is 32.1 Å². The van der Waals surface area contributed by atoms with Crippen molar-refractivity contribution in [1.82, 2.24) is 15.0 Å². The van der Waals surface area contributed by atoms with Crippen LogP contribution >= 0.6 is 0 Å². The lowest BCUT2D eigenvalue weighted by atomic mass is 9.97.